The first-order valence-electron chi connectivity index (χ1n) is 6.20. The molecule has 2 rings (SSSR count). The van der Waals surface area contributed by atoms with Gasteiger partial charge in [0.25, 0.3) is 0 Å². The Bertz CT molecular complexity index is 372. The fraction of sp³-hybridized carbons (Fsp3) is 0.571. The van der Waals surface area contributed by atoms with E-state index in [2.05, 4.69) is 15.9 Å². The molecule has 0 heterocycles. The van der Waals surface area contributed by atoms with Crippen LogP contribution in [0.5, 0.6) is 0 Å². The summed E-state index contributed by atoms with van der Waals surface area (Å²) < 4.78 is 26.7. The molecule has 1 aromatic rings. The molecule has 1 atom stereocenters. The topological polar surface area (TPSA) is 0 Å². The van der Waals surface area contributed by atoms with Crippen molar-refractivity contribution in [2.75, 3.05) is 5.33 Å². The van der Waals surface area contributed by atoms with Crippen molar-refractivity contribution in [3.63, 3.8) is 0 Å². The Morgan fingerprint density at radius 1 is 1.24 bits per heavy atom. The van der Waals surface area contributed by atoms with E-state index in [1.165, 1.54) is 43.9 Å². The van der Waals surface area contributed by atoms with Crippen LogP contribution in [-0.2, 0) is 6.42 Å². The quantitative estimate of drug-likeness (QED) is 0.707. The molecule has 0 nitrogen and oxygen atoms in total. The van der Waals surface area contributed by atoms with Crippen LogP contribution in [0.3, 0.4) is 0 Å². The largest absolute Gasteiger partial charge is 0.207 e. The molecule has 0 saturated heterocycles. The lowest BCUT2D eigenvalue weighted by atomic mass is 9.87. The second-order valence-electron chi connectivity index (χ2n) is 4.90. The van der Waals surface area contributed by atoms with Crippen LogP contribution in [-0.4, -0.2) is 5.33 Å². The number of alkyl halides is 1. The van der Waals surface area contributed by atoms with Gasteiger partial charge >= 0.3 is 0 Å². The minimum absolute atomic E-state index is 0.282. The van der Waals surface area contributed by atoms with Gasteiger partial charge in [0.05, 0.1) is 0 Å². The molecule has 1 aromatic carbocycles. The summed E-state index contributed by atoms with van der Waals surface area (Å²) >= 11 is 3.51. The molecular weight excluding hydrogens is 286 g/mol. The smallest absolute Gasteiger partial charge is 0.126 e. The molecule has 1 aliphatic rings. The van der Waals surface area contributed by atoms with Crippen molar-refractivity contribution in [1.82, 2.24) is 0 Å². The zero-order chi connectivity index (χ0) is 12.3. The van der Waals surface area contributed by atoms with Crippen LogP contribution >= 0.6 is 15.9 Å². The predicted molar refractivity (Wildman–Crippen MR) is 69.3 cm³/mol. The van der Waals surface area contributed by atoms with Crippen LogP contribution in [0.15, 0.2) is 18.2 Å². The van der Waals surface area contributed by atoms with Crippen LogP contribution in [0.4, 0.5) is 8.78 Å². The molecule has 0 radical (unpaired) electrons. The van der Waals surface area contributed by atoms with E-state index in [-0.39, 0.29) is 11.6 Å². The van der Waals surface area contributed by atoms with E-state index in [1.54, 1.807) is 0 Å². The van der Waals surface area contributed by atoms with Crippen molar-refractivity contribution in [1.29, 1.82) is 0 Å². The van der Waals surface area contributed by atoms with Gasteiger partial charge in [-0.3, -0.25) is 0 Å². The van der Waals surface area contributed by atoms with Crippen molar-refractivity contribution in [2.24, 2.45) is 11.8 Å². The number of rotatable bonds is 4. The molecule has 94 valence electrons. The fourth-order valence-electron chi connectivity index (χ4n) is 2.76. The van der Waals surface area contributed by atoms with Crippen molar-refractivity contribution in [3.8, 4) is 0 Å². The minimum Gasteiger partial charge on any atom is -0.207 e. The van der Waals surface area contributed by atoms with Gasteiger partial charge in [-0.15, -0.1) is 0 Å². The summed E-state index contributed by atoms with van der Waals surface area (Å²) in [5.41, 5.74) is 0.515. The van der Waals surface area contributed by atoms with E-state index in [0.717, 1.165) is 5.33 Å². The Labute approximate surface area is 110 Å². The zero-order valence-electron chi connectivity index (χ0n) is 9.76. The second kappa shape index (κ2) is 5.94. The number of halogens is 3. The Kier molecular flexibility index (Phi) is 4.55. The van der Waals surface area contributed by atoms with Crippen molar-refractivity contribution in [2.45, 2.75) is 32.1 Å². The molecule has 1 saturated carbocycles. The maximum absolute atomic E-state index is 13.6. The Morgan fingerprint density at radius 2 is 1.94 bits per heavy atom. The van der Waals surface area contributed by atoms with Gasteiger partial charge in [-0.2, -0.15) is 0 Å². The Balaban J connectivity index is 2.09. The third-order valence-corrected chi connectivity index (χ3v) is 4.59. The second-order valence-corrected chi connectivity index (χ2v) is 5.55. The SMILES string of the molecule is Fc1ccc(F)c(CC(CBr)C2CCCC2)c1. The molecule has 0 aliphatic heterocycles. The first-order chi connectivity index (χ1) is 8.20. The highest BCUT2D eigenvalue weighted by Gasteiger charge is 2.25. The van der Waals surface area contributed by atoms with Crippen LogP contribution in [0.1, 0.15) is 31.2 Å². The molecule has 1 fully saturated rings. The monoisotopic (exact) mass is 302 g/mol. The van der Waals surface area contributed by atoms with Gasteiger partial charge in [0.15, 0.2) is 0 Å². The summed E-state index contributed by atoms with van der Waals surface area (Å²) in [6.45, 7) is 0. The van der Waals surface area contributed by atoms with E-state index in [0.29, 0.717) is 23.8 Å². The summed E-state index contributed by atoms with van der Waals surface area (Å²) in [7, 11) is 0. The average Bonchev–Trinajstić information content (AvgIpc) is 2.84. The Morgan fingerprint density at radius 3 is 2.59 bits per heavy atom. The first-order valence-corrected chi connectivity index (χ1v) is 7.32. The van der Waals surface area contributed by atoms with Gasteiger partial charge in [-0.05, 0) is 42.0 Å². The highest BCUT2D eigenvalue weighted by atomic mass is 79.9. The third kappa shape index (κ3) is 3.27. The average molecular weight is 303 g/mol. The van der Waals surface area contributed by atoms with E-state index in [9.17, 15) is 8.78 Å². The molecule has 17 heavy (non-hydrogen) atoms. The lowest BCUT2D eigenvalue weighted by molar-refractivity contribution is 0.368. The molecular formula is C14H17BrF2. The van der Waals surface area contributed by atoms with E-state index in [1.807, 2.05) is 0 Å². The van der Waals surface area contributed by atoms with Crippen LogP contribution in [0, 0.1) is 23.5 Å². The highest BCUT2D eigenvalue weighted by Crippen LogP contribution is 2.34. The zero-order valence-corrected chi connectivity index (χ0v) is 11.3. The van der Waals surface area contributed by atoms with Gasteiger partial charge in [0.2, 0.25) is 0 Å². The van der Waals surface area contributed by atoms with Crippen molar-refractivity contribution in [3.05, 3.63) is 35.4 Å². The van der Waals surface area contributed by atoms with E-state index < -0.39 is 0 Å². The highest BCUT2D eigenvalue weighted by molar-refractivity contribution is 9.09. The van der Waals surface area contributed by atoms with Gasteiger partial charge < -0.3 is 0 Å². The summed E-state index contributed by atoms with van der Waals surface area (Å²) in [6, 6.07) is 3.74. The number of hydrogen-bond donors (Lipinski definition) is 0. The van der Waals surface area contributed by atoms with Gasteiger partial charge in [-0.25, -0.2) is 8.78 Å². The first kappa shape index (κ1) is 13.0. The summed E-state index contributed by atoms with van der Waals surface area (Å²) in [4.78, 5) is 0. The lowest BCUT2D eigenvalue weighted by Crippen LogP contribution is -2.17. The van der Waals surface area contributed by atoms with Crippen LogP contribution in [0.25, 0.3) is 0 Å². The molecule has 1 aliphatic carbocycles. The number of hydrogen-bond acceptors (Lipinski definition) is 0. The van der Waals surface area contributed by atoms with E-state index in [4.69, 9.17) is 0 Å². The van der Waals surface area contributed by atoms with Crippen LogP contribution in [0.2, 0.25) is 0 Å². The van der Waals surface area contributed by atoms with Gasteiger partial charge in [-0.1, -0.05) is 41.6 Å². The summed E-state index contributed by atoms with van der Waals surface area (Å²) in [6.07, 6.45) is 5.65. The number of benzene rings is 1. The Hall–Kier alpha value is -0.440. The maximum atomic E-state index is 13.6. The van der Waals surface area contributed by atoms with Gasteiger partial charge in [0.1, 0.15) is 11.6 Å². The minimum atomic E-state index is -0.346. The normalized spacial score (nSPS) is 18.5. The molecule has 0 N–H and O–H groups in total. The summed E-state index contributed by atoms with van der Waals surface area (Å²) in [5.74, 6) is 0.460. The van der Waals surface area contributed by atoms with Crippen molar-refractivity contribution >= 4 is 15.9 Å². The maximum Gasteiger partial charge on any atom is 0.126 e. The predicted octanol–water partition coefficient (Wildman–Crippen LogP) is 4.71. The third-order valence-electron chi connectivity index (χ3n) is 3.75. The van der Waals surface area contributed by atoms with Crippen molar-refractivity contribution < 1.29 is 8.78 Å². The molecule has 0 aromatic heterocycles. The summed E-state index contributed by atoms with van der Waals surface area (Å²) in [5, 5.41) is 0.869. The molecule has 0 amide bonds. The van der Waals surface area contributed by atoms with Crippen LogP contribution < -0.4 is 0 Å². The lowest BCUT2D eigenvalue weighted by Gasteiger charge is -2.21. The molecule has 0 spiro atoms. The van der Waals surface area contributed by atoms with E-state index >= 15 is 0 Å². The molecule has 3 heteroatoms. The van der Waals surface area contributed by atoms with Gasteiger partial charge in [0, 0.05) is 5.33 Å². The fourth-order valence-corrected chi connectivity index (χ4v) is 3.52. The standard InChI is InChI=1S/C14H17BrF2/c15-9-12(10-3-1-2-4-10)7-11-8-13(16)5-6-14(11)17/h5-6,8,10,12H,1-4,7,9H2. The molecule has 0 bridgehead atoms. The molecule has 1 unspecified atom stereocenters.